The van der Waals surface area contributed by atoms with Crippen molar-refractivity contribution in [1.82, 2.24) is 5.32 Å². The van der Waals surface area contributed by atoms with Gasteiger partial charge in [0.15, 0.2) is 0 Å². The van der Waals surface area contributed by atoms with Crippen molar-refractivity contribution in [2.24, 2.45) is 5.92 Å². The Morgan fingerprint density at radius 2 is 2.35 bits per heavy atom. The lowest BCUT2D eigenvalue weighted by molar-refractivity contribution is -0.383. The van der Waals surface area contributed by atoms with Gasteiger partial charge in [0.1, 0.15) is 5.69 Å². The fourth-order valence-corrected chi connectivity index (χ4v) is 2.42. The van der Waals surface area contributed by atoms with Crippen molar-refractivity contribution in [1.29, 1.82) is 0 Å². The van der Waals surface area contributed by atoms with Crippen molar-refractivity contribution in [3.05, 3.63) is 33.9 Å². The Morgan fingerprint density at radius 3 is 3.00 bits per heavy atom. The number of carbonyl (C=O) groups excluding carboxylic acids is 1. The molecule has 0 bridgehead atoms. The van der Waals surface area contributed by atoms with E-state index in [1.54, 1.807) is 12.1 Å². The fourth-order valence-electron chi connectivity index (χ4n) is 2.42. The molecule has 1 atom stereocenters. The van der Waals surface area contributed by atoms with Gasteiger partial charge in [-0.25, -0.2) is 0 Å². The van der Waals surface area contributed by atoms with Gasteiger partial charge >= 0.3 is 0 Å². The van der Waals surface area contributed by atoms with Crippen LogP contribution in [0.15, 0.2) is 18.2 Å². The second-order valence-electron chi connectivity index (χ2n) is 5.22. The van der Waals surface area contributed by atoms with Crippen LogP contribution < -0.4 is 10.6 Å². The lowest BCUT2D eigenvalue weighted by atomic mass is 10.0. The molecule has 1 amide bonds. The van der Waals surface area contributed by atoms with E-state index in [0.29, 0.717) is 12.3 Å². The van der Waals surface area contributed by atoms with Crippen LogP contribution in [-0.2, 0) is 4.79 Å². The number of benzene rings is 1. The minimum absolute atomic E-state index is 0.0634. The number of amides is 1. The van der Waals surface area contributed by atoms with Crippen molar-refractivity contribution in [2.45, 2.75) is 26.2 Å². The first kappa shape index (κ1) is 14.5. The normalized spacial score (nSPS) is 17.9. The Kier molecular flexibility index (Phi) is 4.68. The molecule has 1 aromatic rings. The number of nitrogens with one attached hydrogen (secondary N) is 2. The van der Waals surface area contributed by atoms with E-state index in [1.165, 1.54) is 6.07 Å². The van der Waals surface area contributed by atoms with E-state index in [1.807, 2.05) is 6.92 Å². The molecule has 20 heavy (non-hydrogen) atoms. The maximum absolute atomic E-state index is 11.9. The van der Waals surface area contributed by atoms with Crippen molar-refractivity contribution in [2.75, 3.05) is 18.4 Å². The highest BCUT2D eigenvalue weighted by Gasteiger charge is 2.18. The van der Waals surface area contributed by atoms with E-state index in [-0.39, 0.29) is 17.3 Å². The molecule has 0 spiro atoms. The van der Waals surface area contributed by atoms with Gasteiger partial charge in [-0.2, -0.15) is 0 Å². The number of nitro benzene ring substituents is 1. The van der Waals surface area contributed by atoms with Crippen molar-refractivity contribution in [3.8, 4) is 0 Å². The highest BCUT2D eigenvalue weighted by atomic mass is 16.6. The summed E-state index contributed by atoms with van der Waals surface area (Å²) >= 11 is 0. The summed E-state index contributed by atoms with van der Waals surface area (Å²) < 4.78 is 0. The van der Waals surface area contributed by atoms with Gasteiger partial charge in [0.05, 0.1) is 4.92 Å². The second kappa shape index (κ2) is 6.47. The van der Waals surface area contributed by atoms with Gasteiger partial charge in [-0.3, -0.25) is 14.9 Å². The molecule has 6 nitrogen and oxygen atoms in total. The van der Waals surface area contributed by atoms with Crippen LogP contribution in [0.2, 0.25) is 0 Å². The molecule has 0 aliphatic carbocycles. The lowest BCUT2D eigenvalue weighted by Gasteiger charge is -2.09. The van der Waals surface area contributed by atoms with Crippen molar-refractivity contribution < 1.29 is 9.72 Å². The zero-order valence-electron chi connectivity index (χ0n) is 11.5. The summed E-state index contributed by atoms with van der Waals surface area (Å²) in [4.78, 5) is 22.4. The third kappa shape index (κ3) is 3.77. The summed E-state index contributed by atoms with van der Waals surface area (Å²) in [5.74, 6) is 0.374. The molecule has 1 unspecified atom stereocenters. The van der Waals surface area contributed by atoms with Gasteiger partial charge in [0.25, 0.3) is 5.69 Å². The van der Waals surface area contributed by atoms with Crippen molar-refractivity contribution in [3.63, 3.8) is 0 Å². The Hall–Kier alpha value is -1.95. The molecule has 6 heteroatoms. The average molecular weight is 277 g/mol. The van der Waals surface area contributed by atoms with Crippen molar-refractivity contribution >= 4 is 17.3 Å². The molecule has 1 aliphatic heterocycles. The number of nitro groups is 1. The second-order valence-corrected chi connectivity index (χ2v) is 5.22. The summed E-state index contributed by atoms with van der Waals surface area (Å²) in [6.45, 7) is 3.80. The van der Waals surface area contributed by atoms with Gasteiger partial charge in [-0.05, 0) is 50.4 Å². The molecule has 0 saturated carbocycles. The Labute approximate surface area is 117 Å². The number of hydrogen-bond donors (Lipinski definition) is 2. The smallest absolute Gasteiger partial charge is 0.292 e. The molecular formula is C14H19N3O3. The standard InChI is InChI=1S/C14H19N3O3/c1-10-2-4-13(17(19)20)12(8-10)16-14(18)5-3-11-6-7-15-9-11/h2,4,8,11,15H,3,5-7,9H2,1H3,(H,16,18). The molecule has 1 aromatic carbocycles. The van der Waals surface area contributed by atoms with E-state index < -0.39 is 4.92 Å². The van der Waals surface area contributed by atoms with Crippen LogP contribution in [0.25, 0.3) is 0 Å². The van der Waals surface area contributed by atoms with Crippen LogP contribution in [0.1, 0.15) is 24.8 Å². The molecule has 1 heterocycles. The molecule has 2 rings (SSSR count). The monoisotopic (exact) mass is 277 g/mol. The van der Waals surface area contributed by atoms with Crippen LogP contribution in [0.4, 0.5) is 11.4 Å². The first-order chi connectivity index (χ1) is 9.56. The predicted octanol–water partition coefficient (Wildman–Crippen LogP) is 2.23. The summed E-state index contributed by atoms with van der Waals surface area (Å²) in [7, 11) is 0. The van der Waals surface area contributed by atoms with E-state index in [2.05, 4.69) is 10.6 Å². The minimum Gasteiger partial charge on any atom is -0.320 e. The molecule has 0 radical (unpaired) electrons. The van der Waals surface area contributed by atoms with Crippen LogP contribution >= 0.6 is 0 Å². The zero-order valence-corrected chi connectivity index (χ0v) is 11.5. The van der Waals surface area contributed by atoms with Gasteiger partial charge < -0.3 is 10.6 Å². The van der Waals surface area contributed by atoms with Crippen LogP contribution in [0.3, 0.4) is 0 Å². The van der Waals surface area contributed by atoms with E-state index in [9.17, 15) is 14.9 Å². The number of rotatable bonds is 5. The Bertz CT molecular complexity index is 510. The maximum Gasteiger partial charge on any atom is 0.292 e. The number of anilines is 1. The quantitative estimate of drug-likeness (QED) is 0.638. The highest BCUT2D eigenvalue weighted by Crippen LogP contribution is 2.25. The number of aryl methyl sites for hydroxylation is 1. The highest BCUT2D eigenvalue weighted by molar-refractivity contribution is 5.93. The van der Waals surface area contributed by atoms with Crippen LogP contribution in [0, 0.1) is 23.0 Å². The van der Waals surface area contributed by atoms with Crippen LogP contribution in [0.5, 0.6) is 0 Å². The topological polar surface area (TPSA) is 84.3 Å². The molecule has 1 saturated heterocycles. The number of nitrogens with zero attached hydrogens (tertiary/aromatic N) is 1. The Morgan fingerprint density at radius 1 is 1.55 bits per heavy atom. The fraction of sp³-hybridized carbons (Fsp3) is 0.500. The van der Waals surface area contributed by atoms with Crippen LogP contribution in [-0.4, -0.2) is 23.9 Å². The minimum atomic E-state index is -0.476. The number of hydrogen-bond acceptors (Lipinski definition) is 4. The van der Waals surface area contributed by atoms with Gasteiger partial charge in [-0.1, -0.05) is 6.07 Å². The molecule has 108 valence electrons. The lowest BCUT2D eigenvalue weighted by Crippen LogP contribution is -2.15. The first-order valence-corrected chi connectivity index (χ1v) is 6.82. The third-order valence-corrected chi connectivity index (χ3v) is 3.56. The third-order valence-electron chi connectivity index (χ3n) is 3.56. The molecule has 1 aliphatic rings. The molecule has 2 N–H and O–H groups in total. The van der Waals surface area contributed by atoms with Gasteiger partial charge in [0, 0.05) is 12.5 Å². The van der Waals surface area contributed by atoms with Gasteiger partial charge in [-0.15, -0.1) is 0 Å². The molecule has 1 fully saturated rings. The Balaban J connectivity index is 1.96. The van der Waals surface area contributed by atoms with Gasteiger partial charge in [0.2, 0.25) is 5.91 Å². The molecular weight excluding hydrogens is 258 g/mol. The largest absolute Gasteiger partial charge is 0.320 e. The predicted molar refractivity (Wildman–Crippen MR) is 76.7 cm³/mol. The SMILES string of the molecule is Cc1ccc([N+](=O)[O-])c(NC(=O)CCC2CCNC2)c1. The van der Waals surface area contributed by atoms with E-state index in [4.69, 9.17) is 0 Å². The maximum atomic E-state index is 11.9. The average Bonchev–Trinajstić information content (AvgIpc) is 2.89. The first-order valence-electron chi connectivity index (χ1n) is 6.82. The number of carbonyl (C=O) groups is 1. The van der Waals surface area contributed by atoms with E-state index >= 15 is 0 Å². The molecule has 0 aromatic heterocycles. The summed E-state index contributed by atoms with van der Waals surface area (Å²) in [6.07, 6.45) is 2.31. The summed E-state index contributed by atoms with van der Waals surface area (Å²) in [6, 6.07) is 4.72. The summed E-state index contributed by atoms with van der Waals surface area (Å²) in [5.41, 5.74) is 1.10. The van der Waals surface area contributed by atoms with E-state index in [0.717, 1.165) is 31.5 Å². The summed E-state index contributed by atoms with van der Waals surface area (Å²) in [5, 5.41) is 16.8. The zero-order chi connectivity index (χ0) is 14.5.